The largest absolute Gasteiger partial charge is 0.368 e. The van der Waals surface area contributed by atoms with Crippen LogP contribution < -0.4 is 28.2 Å². The summed E-state index contributed by atoms with van der Waals surface area (Å²) in [5, 5.41) is 18.3. The Kier molecular flexibility index (Phi) is 13.7. The molecule has 0 aliphatic carbocycles. The molecule has 0 radical (unpaired) electrons. The predicted molar refractivity (Wildman–Crippen MR) is 203 cm³/mol. The Morgan fingerprint density at radius 3 is 1.50 bits per heavy atom. The normalized spacial score (nSPS) is 10.6. The molecule has 0 saturated heterocycles. The van der Waals surface area contributed by atoms with Gasteiger partial charge in [0.05, 0.1) is 23.3 Å². The second kappa shape index (κ2) is 17.7. The van der Waals surface area contributed by atoms with Crippen molar-refractivity contribution in [2.45, 2.75) is 86.7 Å². The van der Waals surface area contributed by atoms with Crippen molar-refractivity contribution in [1.29, 1.82) is 10.5 Å². The molecule has 4 rings (SSSR count). The van der Waals surface area contributed by atoms with Crippen molar-refractivity contribution in [3.8, 4) is 12.1 Å². The van der Waals surface area contributed by atoms with Gasteiger partial charge in [-0.1, -0.05) is 39.3 Å². The molecule has 2 aromatic carbocycles. The monoisotopic (exact) mass is 733 g/mol. The highest BCUT2D eigenvalue weighted by Crippen LogP contribution is 2.21. The fourth-order valence-electron chi connectivity index (χ4n) is 5.97. The quantitative estimate of drug-likeness (QED) is 0.149. The van der Waals surface area contributed by atoms with E-state index >= 15 is 0 Å². The minimum absolute atomic E-state index is 0.0795. The molecule has 0 aliphatic rings. The van der Waals surface area contributed by atoms with Crippen molar-refractivity contribution in [1.82, 2.24) is 19.1 Å². The van der Waals surface area contributed by atoms with E-state index in [1.54, 1.807) is 52.0 Å². The van der Waals surface area contributed by atoms with Crippen LogP contribution in [0.4, 0.5) is 0 Å². The van der Waals surface area contributed by atoms with E-state index in [9.17, 15) is 38.8 Å². The number of aryl methyl sites for hydroxylation is 2. The average molecular weight is 734 g/mol. The van der Waals surface area contributed by atoms with Crippen molar-refractivity contribution in [2.24, 2.45) is 5.73 Å². The second-order valence-corrected chi connectivity index (χ2v) is 13.7. The Balaban J connectivity index is 0.000000291. The molecule has 14 nitrogen and oxygen atoms in total. The van der Waals surface area contributed by atoms with E-state index in [0.29, 0.717) is 23.1 Å². The van der Waals surface area contributed by atoms with E-state index in [4.69, 9.17) is 11.0 Å². The minimum atomic E-state index is -0.894. The van der Waals surface area contributed by atoms with Gasteiger partial charge in [-0.15, -0.1) is 0 Å². The van der Waals surface area contributed by atoms with Crippen molar-refractivity contribution >= 4 is 17.5 Å². The lowest BCUT2D eigenvalue weighted by Crippen LogP contribution is -2.40. The number of aromatic amines is 2. The van der Waals surface area contributed by atoms with Crippen LogP contribution in [-0.4, -0.2) is 36.6 Å². The fourth-order valence-corrected chi connectivity index (χ4v) is 5.97. The molecule has 0 spiro atoms. The Labute approximate surface area is 311 Å². The topological polar surface area (TPSA) is 235 Å². The van der Waals surface area contributed by atoms with Crippen LogP contribution in [-0.2, 0) is 17.9 Å². The molecule has 0 atom stereocenters. The zero-order valence-corrected chi connectivity index (χ0v) is 31.5. The maximum Gasteiger partial charge on any atom is 0.329 e. The maximum atomic E-state index is 13.4. The highest BCUT2D eigenvalue weighted by molar-refractivity contribution is 6.10. The Bertz CT molecular complexity index is 2490. The van der Waals surface area contributed by atoms with Gasteiger partial charge in [0.25, 0.3) is 11.1 Å². The highest BCUT2D eigenvalue weighted by atomic mass is 16.2. The van der Waals surface area contributed by atoms with E-state index in [2.05, 4.69) is 9.97 Å². The van der Waals surface area contributed by atoms with Crippen molar-refractivity contribution in [2.75, 3.05) is 0 Å². The third-order valence-electron chi connectivity index (χ3n) is 8.21. The van der Waals surface area contributed by atoms with E-state index in [1.807, 2.05) is 45.9 Å². The molecular weight excluding hydrogens is 690 g/mol. The highest BCUT2D eigenvalue weighted by Gasteiger charge is 2.26. The summed E-state index contributed by atoms with van der Waals surface area (Å²) in [6.07, 6.45) is 2.53. The predicted octanol–water partition coefficient (Wildman–Crippen LogP) is 3.98. The molecule has 4 N–H and O–H groups in total. The summed E-state index contributed by atoms with van der Waals surface area (Å²) in [5.41, 5.74) is 6.32. The minimum Gasteiger partial charge on any atom is -0.368 e. The number of hydrogen-bond acceptors (Lipinski definition) is 9. The van der Waals surface area contributed by atoms with E-state index in [-0.39, 0.29) is 46.1 Å². The number of primary amides is 1. The number of hydrogen-bond donors (Lipinski definition) is 3. The van der Waals surface area contributed by atoms with Crippen molar-refractivity contribution in [3.05, 3.63) is 146 Å². The first-order valence-electron chi connectivity index (χ1n) is 17.1. The molecule has 0 fully saturated rings. The summed E-state index contributed by atoms with van der Waals surface area (Å²) in [5.74, 6) is -2.52. The van der Waals surface area contributed by atoms with E-state index in [1.165, 1.54) is 16.7 Å². The van der Waals surface area contributed by atoms with E-state index in [0.717, 1.165) is 15.7 Å². The number of rotatable bonds is 11. The van der Waals surface area contributed by atoms with Crippen LogP contribution in [0.1, 0.15) is 125 Å². The zero-order chi connectivity index (χ0) is 40.6. The molecule has 0 aliphatic heterocycles. The summed E-state index contributed by atoms with van der Waals surface area (Å²) in [6, 6.07) is 13.4. The number of aromatic nitrogens is 4. The first-order valence-corrected chi connectivity index (χ1v) is 17.1. The van der Waals surface area contributed by atoms with E-state index < -0.39 is 52.4 Å². The fraction of sp³-hybridized carbons (Fsp3) is 0.325. The van der Waals surface area contributed by atoms with Gasteiger partial charge in [0.2, 0.25) is 17.5 Å². The van der Waals surface area contributed by atoms with Gasteiger partial charge in [0.1, 0.15) is 17.9 Å². The summed E-state index contributed by atoms with van der Waals surface area (Å²) in [6.45, 7) is 14.2. The first-order chi connectivity index (χ1) is 25.3. The number of nitrogens with zero attached hydrogens (tertiary/aromatic N) is 4. The lowest BCUT2D eigenvalue weighted by Gasteiger charge is -2.17. The van der Waals surface area contributed by atoms with Crippen LogP contribution in [0.5, 0.6) is 0 Å². The van der Waals surface area contributed by atoms with Gasteiger partial charge in [-0.25, -0.2) is 9.59 Å². The second-order valence-electron chi connectivity index (χ2n) is 13.7. The molecule has 54 heavy (non-hydrogen) atoms. The number of nitriles is 2. The van der Waals surface area contributed by atoms with Crippen molar-refractivity contribution < 1.29 is 14.4 Å². The lowest BCUT2D eigenvalue weighted by atomic mass is 9.95. The first kappa shape index (κ1) is 41.7. The zero-order valence-electron chi connectivity index (χ0n) is 31.5. The SMILES string of the molecule is CC(C)=CCCn1c(C(=O)c2cc(C)cc(C#N)c2)c(C(C)C)c(=O)[nH]c1=O.Cc1cc(C#N)cc(C(=O)c2c(C(C)C)c(=O)[nH]c(=O)n2CC(N)=O)c1. The van der Waals surface area contributed by atoms with Crippen LogP contribution in [0, 0.1) is 36.5 Å². The number of benzene rings is 2. The summed E-state index contributed by atoms with van der Waals surface area (Å²) < 4.78 is 2.21. The van der Waals surface area contributed by atoms with Crippen LogP contribution in [0.15, 0.2) is 67.2 Å². The number of nitrogens with two attached hydrogens (primary N) is 1. The molecule has 2 aromatic heterocycles. The van der Waals surface area contributed by atoms with Gasteiger partial charge in [-0.3, -0.25) is 43.1 Å². The van der Waals surface area contributed by atoms with Crippen LogP contribution in [0.2, 0.25) is 0 Å². The summed E-state index contributed by atoms with van der Waals surface area (Å²) >= 11 is 0. The van der Waals surface area contributed by atoms with Crippen molar-refractivity contribution in [3.63, 3.8) is 0 Å². The van der Waals surface area contributed by atoms with Gasteiger partial charge in [0.15, 0.2) is 0 Å². The van der Waals surface area contributed by atoms with Gasteiger partial charge < -0.3 is 5.73 Å². The number of carbonyl (C=O) groups is 3. The summed E-state index contributed by atoms with van der Waals surface area (Å²) in [4.78, 5) is 91.8. The van der Waals surface area contributed by atoms with Crippen LogP contribution in [0.3, 0.4) is 0 Å². The molecule has 1 amide bonds. The number of H-pyrrole nitrogens is 2. The molecule has 4 aromatic rings. The maximum absolute atomic E-state index is 13.4. The molecule has 14 heteroatoms. The molecule has 2 heterocycles. The third kappa shape index (κ3) is 9.80. The van der Waals surface area contributed by atoms with Gasteiger partial charge in [-0.05, 0) is 93.5 Å². The number of nitrogens with one attached hydrogen (secondary N) is 2. The van der Waals surface area contributed by atoms with Crippen LogP contribution >= 0.6 is 0 Å². The third-order valence-corrected chi connectivity index (χ3v) is 8.21. The Morgan fingerprint density at radius 2 is 1.13 bits per heavy atom. The number of allylic oxidation sites excluding steroid dienone is 2. The number of ketones is 2. The lowest BCUT2D eigenvalue weighted by molar-refractivity contribution is -0.118. The summed E-state index contributed by atoms with van der Waals surface area (Å²) in [7, 11) is 0. The molecule has 0 bridgehead atoms. The Hall–Kier alpha value is -6.67. The smallest absolute Gasteiger partial charge is 0.329 e. The van der Waals surface area contributed by atoms with Gasteiger partial charge >= 0.3 is 11.4 Å². The molecule has 280 valence electrons. The molecule has 0 saturated carbocycles. The number of carbonyl (C=O) groups excluding carboxylic acids is 3. The average Bonchev–Trinajstić information content (AvgIpc) is 3.08. The molecular formula is C40H43N7O7. The standard InChI is InChI=1S/C22H25N3O3.C18H18N4O4/c1-13(2)7-6-8-25-19(18(14(3)4)21(27)24-22(25)28)20(26)17-10-15(5)9-16(11-17)12-23;1-9(2)14-15(22(8-13(20)23)18(26)21-17(14)25)16(24)12-5-10(3)4-11(6-12)7-19/h7,9-11,14H,6,8H2,1-5H3,(H,24,27,28);4-6,9H,8H2,1-3H3,(H2,20,23)(H,21,25,26). The van der Waals surface area contributed by atoms with Gasteiger partial charge in [0, 0.05) is 28.8 Å². The number of amides is 1. The van der Waals surface area contributed by atoms with Crippen LogP contribution in [0.25, 0.3) is 0 Å². The Morgan fingerprint density at radius 1 is 0.722 bits per heavy atom. The van der Waals surface area contributed by atoms with Gasteiger partial charge in [-0.2, -0.15) is 10.5 Å². The molecule has 0 unspecified atom stereocenters.